The summed E-state index contributed by atoms with van der Waals surface area (Å²) in [5, 5.41) is 10.6. The van der Waals surface area contributed by atoms with E-state index in [4.69, 9.17) is 0 Å². The lowest BCUT2D eigenvalue weighted by atomic mass is 9.50. The van der Waals surface area contributed by atoms with Crippen LogP contribution in [-0.2, 0) is 0 Å². The zero-order valence-corrected chi connectivity index (χ0v) is 14.7. The molecule has 0 amide bonds. The van der Waals surface area contributed by atoms with Gasteiger partial charge in [0.2, 0.25) is 0 Å². The van der Waals surface area contributed by atoms with Crippen LogP contribution >= 0.6 is 0 Å². The molecule has 1 N–H and O–H groups in total. The van der Waals surface area contributed by atoms with E-state index in [1.54, 1.807) is 0 Å². The molecule has 8 atom stereocenters. The molecular weight excluding hydrogens is 256 g/mol. The Bertz CT molecular complexity index is 453. The molecule has 0 aromatic rings. The van der Waals surface area contributed by atoms with Gasteiger partial charge in [0.1, 0.15) is 0 Å². The Morgan fingerprint density at radius 1 is 0.905 bits per heavy atom. The average Bonchev–Trinajstić information content (AvgIpc) is 2.84. The van der Waals surface area contributed by atoms with Gasteiger partial charge in [0, 0.05) is 0 Å². The molecule has 0 aromatic carbocycles. The van der Waals surface area contributed by atoms with Crippen molar-refractivity contribution in [2.24, 2.45) is 46.3 Å². The number of fused-ring (bicyclic) bond motifs is 5. The molecule has 0 bridgehead atoms. The van der Waals surface area contributed by atoms with Crippen LogP contribution in [0.3, 0.4) is 0 Å². The maximum atomic E-state index is 10.6. The number of aliphatic hydroxyl groups is 1. The van der Waals surface area contributed by atoms with Crippen LogP contribution < -0.4 is 0 Å². The highest BCUT2D eigenvalue weighted by Crippen LogP contribution is 2.74. The molecule has 4 aliphatic rings. The number of rotatable bonds is 1. The van der Waals surface area contributed by atoms with E-state index in [2.05, 4.69) is 34.6 Å². The first kappa shape index (κ1) is 14.5. The van der Waals surface area contributed by atoms with Gasteiger partial charge in [0.05, 0.1) is 5.60 Å². The van der Waals surface area contributed by atoms with Crippen LogP contribution in [-0.4, -0.2) is 10.7 Å². The second-order valence-corrected chi connectivity index (χ2v) is 10.3. The highest BCUT2D eigenvalue weighted by atomic mass is 16.3. The van der Waals surface area contributed by atoms with Crippen molar-refractivity contribution in [1.82, 2.24) is 0 Å². The first-order chi connectivity index (χ1) is 9.68. The largest absolute Gasteiger partial charge is 0.390 e. The van der Waals surface area contributed by atoms with Crippen molar-refractivity contribution in [3.63, 3.8) is 0 Å². The Morgan fingerprint density at radius 2 is 1.57 bits per heavy atom. The number of hydrogen-bond donors (Lipinski definition) is 1. The third-order valence-electron chi connectivity index (χ3n) is 8.74. The molecule has 0 saturated heterocycles. The van der Waals surface area contributed by atoms with Gasteiger partial charge in [0.15, 0.2) is 0 Å². The molecule has 4 saturated carbocycles. The topological polar surface area (TPSA) is 20.2 Å². The molecule has 0 aliphatic heterocycles. The van der Waals surface area contributed by atoms with Gasteiger partial charge in [-0.15, -0.1) is 0 Å². The minimum atomic E-state index is -0.354. The average molecular weight is 290 g/mol. The highest BCUT2D eigenvalue weighted by molar-refractivity contribution is 5.18. The van der Waals surface area contributed by atoms with Crippen LogP contribution in [0.2, 0.25) is 0 Å². The monoisotopic (exact) mass is 290 g/mol. The molecule has 1 nitrogen and oxygen atoms in total. The zero-order chi connectivity index (χ0) is 15.2. The summed E-state index contributed by atoms with van der Waals surface area (Å²) in [4.78, 5) is 0. The molecule has 0 aromatic heterocycles. The third-order valence-corrected chi connectivity index (χ3v) is 8.74. The van der Waals surface area contributed by atoms with E-state index in [9.17, 15) is 5.11 Å². The second kappa shape index (κ2) is 4.08. The predicted octanol–water partition coefficient (Wildman–Crippen LogP) is 4.88. The summed E-state index contributed by atoms with van der Waals surface area (Å²) >= 11 is 0. The van der Waals surface area contributed by atoms with Gasteiger partial charge in [-0.05, 0) is 91.8 Å². The SMILES string of the molecule is CC(C)C1CCC2(C)CCC3(C)CC4C(CC4(C)O)C3C12. The second-order valence-electron chi connectivity index (χ2n) is 10.3. The van der Waals surface area contributed by atoms with Crippen LogP contribution in [0.25, 0.3) is 0 Å². The fourth-order valence-corrected chi connectivity index (χ4v) is 7.61. The Morgan fingerprint density at radius 3 is 2.19 bits per heavy atom. The standard InChI is InChI=1S/C20H34O/c1-12(2)13-6-7-18(3)8-9-19(4)11-15-14(10-20(15,5)21)17(19)16(13)18/h12-17,21H,6-11H2,1-5H3. The first-order valence-corrected chi connectivity index (χ1v) is 9.40. The highest BCUT2D eigenvalue weighted by Gasteiger charge is 2.69. The quantitative estimate of drug-likeness (QED) is 0.729. The van der Waals surface area contributed by atoms with E-state index >= 15 is 0 Å². The first-order valence-electron chi connectivity index (χ1n) is 9.40. The Hall–Kier alpha value is -0.0400. The van der Waals surface area contributed by atoms with Crippen molar-refractivity contribution in [3.8, 4) is 0 Å². The lowest BCUT2D eigenvalue weighted by Gasteiger charge is -2.56. The lowest BCUT2D eigenvalue weighted by molar-refractivity contribution is -0.138. The molecule has 21 heavy (non-hydrogen) atoms. The van der Waals surface area contributed by atoms with E-state index in [0.717, 1.165) is 36.0 Å². The summed E-state index contributed by atoms with van der Waals surface area (Å²) in [6.45, 7) is 12.2. The summed E-state index contributed by atoms with van der Waals surface area (Å²) in [6, 6.07) is 0. The molecule has 4 aliphatic carbocycles. The Balaban J connectivity index is 1.72. The normalized spacial score (nSPS) is 62.1. The van der Waals surface area contributed by atoms with Crippen LogP contribution in [0.1, 0.15) is 73.1 Å². The van der Waals surface area contributed by atoms with Crippen LogP contribution in [0.15, 0.2) is 0 Å². The maximum Gasteiger partial charge on any atom is 0.0653 e. The molecule has 8 unspecified atom stereocenters. The predicted molar refractivity (Wildman–Crippen MR) is 86.8 cm³/mol. The molecule has 4 rings (SSSR count). The van der Waals surface area contributed by atoms with E-state index < -0.39 is 0 Å². The zero-order valence-electron chi connectivity index (χ0n) is 14.7. The Kier molecular flexibility index (Phi) is 2.82. The summed E-state index contributed by atoms with van der Waals surface area (Å²) in [7, 11) is 0. The minimum Gasteiger partial charge on any atom is -0.390 e. The van der Waals surface area contributed by atoms with Gasteiger partial charge >= 0.3 is 0 Å². The fourth-order valence-electron chi connectivity index (χ4n) is 7.61. The summed E-state index contributed by atoms with van der Waals surface area (Å²) in [5.41, 5.74) is 0.778. The summed E-state index contributed by atoms with van der Waals surface area (Å²) < 4.78 is 0. The van der Waals surface area contributed by atoms with Crippen LogP contribution in [0.4, 0.5) is 0 Å². The van der Waals surface area contributed by atoms with Gasteiger partial charge in [-0.3, -0.25) is 0 Å². The number of hydrogen-bond acceptors (Lipinski definition) is 1. The van der Waals surface area contributed by atoms with Crippen molar-refractivity contribution in [2.75, 3.05) is 0 Å². The van der Waals surface area contributed by atoms with Crippen molar-refractivity contribution in [2.45, 2.75) is 78.7 Å². The maximum absolute atomic E-state index is 10.6. The molecule has 4 fully saturated rings. The molecule has 1 heteroatoms. The molecule has 0 spiro atoms. The fraction of sp³-hybridized carbons (Fsp3) is 1.00. The lowest BCUT2D eigenvalue weighted by Crippen LogP contribution is -2.54. The molecule has 120 valence electrons. The smallest absolute Gasteiger partial charge is 0.0653 e. The summed E-state index contributed by atoms with van der Waals surface area (Å²) in [6.07, 6.45) is 8.15. The van der Waals surface area contributed by atoms with E-state index in [1.807, 2.05) is 0 Å². The van der Waals surface area contributed by atoms with Gasteiger partial charge < -0.3 is 5.11 Å². The minimum absolute atomic E-state index is 0.354. The van der Waals surface area contributed by atoms with Gasteiger partial charge in [-0.2, -0.15) is 0 Å². The van der Waals surface area contributed by atoms with Crippen molar-refractivity contribution in [1.29, 1.82) is 0 Å². The molecule has 0 radical (unpaired) electrons. The van der Waals surface area contributed by atoms with Crippen molar-refractivity contribution < 1.29 is 5.11 Å². The molecule has 0 heterocycles. The third kappa shape index (κ3) is 1.73. The van der Waals surface area contributed by atoms with Crippen molar-refractivity contribution >= 4 is 0 Å². The van der Waals surface area contributed by atoms with E-state index in [-0.39, 0.29) is 5.60 Å². The van der Waals surface area contributed by atoms with Gasteiger partial charge in [-0.1, -0.05) is 27.7 Å². The van der Waals surface area contributed by atoms with E-state index in [0.29, 0.717) is 16.7 Å². The van der Waals surface area contributed by atoms with Gasteiger partial charge in [-0.25, -0.2) is 0 Å². The molecular formula is C20H34O. The van der Waals surface area contributed by atoms with E-state index in [1.165, 1.54) is 32.1 Å². The van der Waals surface area contributed by atoms with Crippen LogP contribution in [0.5, 0.6) is 0 Å². The van der Waals surface area contributed by atoms with Gasteiger partial charge in [0.25, 0.3) is 0 Å². The Labute approximate surface area is 130 Å². The van der Waals surface area contributed by atoms with Crippen molar-refractivity contribution in [3.05, 3.63) is 0 Å². The van der Waals surface area contributed by atoms with Crippen LogP contribution in [0, 0.1) is 46.3 Å². The summed E-state index contributed by atoms with van der Waals surface area (Å²) in [5.74, 6) is 5.03.